The number of hydrogen-bond acceptors (Lipinski definition) is 0. The molecule has 0 amide bonds. The van der Waals surface area contributed by atoms with Crippen molar-refractivity contribution in [2.45, 2.75) is 32.6 Å². The van der Waals surface area contributed by atoms with Gasteiger partial charge in [-0.2, -0.15) is 26.3 Å². The van der Waals surface area contributed by atoms with Crippen molar-refractivity contribution in [2.75, 3.05) is 0 Å². The summed E-state index contributed by atoms with van der Waals surface area (Å²) in [6.07, 6.45) is -10.9. The number of rotatable bonds is 0. The lowest BCUT2D eigenvalue weighted by Crippen LogP contribution is -2.30. The molecule has 0 heterocycles. The predicted molar refractivity (Wildman–Crippen MR) is 28.1 cm³/mol. The average molecular weight is 182 g/mol. The Hall–Kier alpha value is -0.420. The third-order valence-corrected chi connectivity index (χ3v) is 0.321. The van der Waals surface area contributed by atoms with Crippen molar-refractivity contribution in [3.63, 3.8) is 0 Å². The highest BCUT2D eigenvalue weighted by atomic mass is 19.5. The molecule has 6 heteroatoms. The van der Waals surface area contributed by atoms with E-state index in [0.717, 1.165) is 0 Å². The van der Waals surface area contributed by atoms with Crippen LogP contribution in [0.5, 0.6) is 0 Å². The molecule has 11 heavy (non-hydrogen) atoms. The van der Waals surface area contributed by atoms with E-state index in [2.05, 4.69) is 13.8 Å². The molecule has 0 saturated heterocycles. The van der Waals surface area contributed by atoms with Gasteiger partial charge < -0.3 is 0 Å². The highest BCUT2D eigenvalue weighted by Gasteiger charge is 2.58. The Balaban J connectivity index is 0. The molecule has 0 aliphatic rings. The minimum absolute atomic E-state index is 1.25. The third-order valence-electron chi connectivity index (χ3n) is 0.321. The van der Waals surface area contributed by atoms with Crippen molar-refractivity contribution < 1.29 is 26.3 Å². The Kier molecular flexibility index (Phi) is 5.34. The maximum absolute atomic E-state index is 10.4. The van der Waals surface area contributed by atoms with Crippen LogP contribution in [0.3, 0.4) is 0 Å². The minimum Gasteiger partial charge on any atom is -0.162 e. The molecule has 0 nitrogen and oxygen atoms in total. The highest BCUT2D eigenvalue weighted by Crippen LogP contribution is 2.35. The van der Waals surface area contributed by atoms with Gasteiger partial charge in [0.05, 0.1) is 0 Å². The highest BCUT2D eigenvalue weighted by molar-refractivity contribution is 4.59. The molecule has 0 bridgehead atoms. The summed E-state index contributed by atoms with van der Waals surface area (Å²) in [6, 6.07) is 0. The number of hydrogen-bond donors (Lipinski definition) is 0. The summed E-state index contributed by atoms with van der Waals surface area (Å²) in [6.45, 7) is 4.25. The zero-order chi connectivity index (χ0) is 9.71. The maximum Gasteiger partial charge on any atom is 0.487 e. The zero-order valence-electron chi connectivity index (χ0n) is 5.97. The van der Waals surface area contributed by atoms with Gasteiger partial charge in [-0.25, -0.2) is 0 Å². The molecular weight excluding hydrogens is 174 g/mol. The van der Waals surface area contributed by atoms with Gasteiger partial charge in [0.15, 0.2) is 0 Å². The summed E-state index contributed by atoms with van der Waals surface area (Å²) in [5.41, 5.74) is 0. The monoisotopic (exact) mass is 182 g/mol. The molecule has 0 unspecified atom stereocenters. The molecule has 70 valence electrons. The van der Waals surface area contributed by atoms with Crippen LogP contribution in [0.2, 0.25) is 0 Å². The minimum atomic E-state index is -6.06. The standard InChI is InChI=1S/C3H8.C2F6/c1-3-2;3-1(4,5)2(6,7)8/h3H2,1-2H3;. The lowest BCUT2D eigenvalue weighted by atomic mass is 10.6. The van der Waals surface area contributed by atoms with E-state index in [1.165, 1.54) is 6.42 Å². The predicted octanol–water partition coefficient (Wildman–Crippen LogP) is 3.53. The van der Waals surface area contributed by atoms with E-state index in [4.69, 9.17) is 0 Å². The van der Waals surface area contributed by atoms with Crippen LogP contribution in [-0.4, -0.2) is 12.4 Å². The number of alkyl halides is 6. The fourth-order valence-corrected chi connectivity index (χ4v) is 0. The van der Waals surface area contributed by atoms with Crippen LogP contribution in [0.4, 0.5) is 26.3 Å². The fraction of sp³-hybridized carbons (Fsp3) is 1.00. The van der Waals surface area contributed by atoms with Crippen LogP contribution in [0, 0.1) is 0 Å². The second-order valence-corrected chi connectivity index (χ2v) is 1.70. The molecule has 0 rings (SSSR count). The van der Waals surface area contributed by atoms with Crippen LogP contribution in [-0.2, 0) is 0 Å². The van der Waals surface area contributed by atoms with E-state index in [1.807, 2.05) is 0 Å². The zero-order valence-corrected chi connectivity index (χ0v) is 5.97. The lowest BCUT2D eigenvalue weighted by Gasteiger charge is -2.08. The van der Waals surface area contributed by atoms with Gasteiger partial charge in [0.2, 0.25) is 0 Å². The van der Waals surface area contributed by atoms with Crippen molar-refractivity contribution in [3.05, 3.63) is 0 Å². The van der Waals surface area contributed by atoms with Crippen LogP contribution >= 0.6 is 0 Å². The summed E-state index contributed by atoms with van der Waals surface area (Å²) in [5, 5.41) is 0. The Labute approximate surface area is 60.2 Å². The second kappa shape index (κ2) is 4.46. The van der Waals surface area contributed by atoms with Gasteiger partial charge in [0.1, 0.15) is 0 Å². The summed E-state index contributed by atoms with van der Waals surface area (Å²) in [5.74, 6) is 0. The second-order valence-electron chi connectivity index (χ2n) is 1.70. The van der Waals surface area contributed by atoms with E-state index >= 15 is 0 Å². The first kappa shape index (κ1) is 13.2. The van der Waals surface area contributed by atoms with E-state index in [9.17, 15) is 26.3 Å². The number of halogens is 6. The summed E-state index contributed by atoms with van der Waals surface area (Å²) >= 11 is 0. The first-order chi connectivity index (χ1) is 4.66. The van der Waals surface area contributed by atoms with Gasteiger partial charge in [-0.15, -0.1) is 0 Å². The molecule has 0 N–H and O–H groups in total. The molecule has 0 saturated carbocycles. The first-order valence-electron chi connectivity index (χ1n) is 2.80. The van der Waals surface area contributed by atoms with Crippen LogP contribution in [0.1, 0.15) is 20.3 Å². The van der Waals surface area contributed by atoms with E-state index in [-0.39, 0.29) is 0 Å². The molecule has 0 aliphatic heterocycles. The summed E-state index contributed by atoms with van der Waals surface area (Å²) in [4.78, 5) is 0. The van der Waals surface area contributed by atoms with Gasteiger partial charge in [0, 0.05) is 0 Å². The van der Waals surface area contributed by atoms with Crippen molar-refractivity contribution in [2.24, 2.45) is 0 Å². The topological polar surface area (TPSA) is 0 Å². The van der Waals surface area contributed by atoms with Gasteiger partial charge in [0.25, 0.3) is 0 Å². The maximum atomic E-state index is 10.4. The molecule has 0 aromatic rings. The normalized spacial score (nSPS) is 12.0. The van der Waals surface area contributed by atoms with Gasteiger partial charge in [-0.3, -0.25) is 0 Å². The van der Waals surface area contributed by atoms with Crippen LogP contribution in [0.25, 0.3) is 0 Å². The third kappa shape index (κ3) is 7.48. The van der Waals surface area contributed by atoms with Crippen molar-refractivity contribution >= 4 is 0 Å². The fourth-order valence-electron chi connectivity index (χ4n) is 0. The smallest absolute Gasteiger partial charge is 0.162 e. The Bertz CT molecular complexity index is 76.1. The van der Waals surface area contributed by atoms with Crippen LogP contribution in [0.15, 0.2) is 0 Å². The molecule has 0 fully saturated rings. The van der Waals surface area contributed by atoms with Crippen molar-refractivity contribution in [1.82, 2.24) is 0 Å². The van der Waals surface area contributed by atoms with Crippen molar-refractivity contribution in [3.8, 4) is 0 Å². The average Bonchev–Trinajstić information content (AvgIpc) is 1.60. The molecule has 0 aromatic heterocycles. The van der Waals surface area contributed by atoms with E-state index in [0.29, 0.717) is 0 Å². The van der Waals surface area contributed by atoms with Gasteiger partial charge in [-0.05, 0) is 0 Å². The lowest BCUT2D eigenvalue weighted by molar-refractivity contribution is -0.339. The summed E-state index contributed by atoms with van der Waals surface area (Å²) < 4.78 is 62.6. The molecule has 0 radical (unpaired) electrons. The molecule has 0 atom stereocenters. The molecule has 0 aliphatic carbocycles. The Morgan fingerprint density at radius 2 is 0.818 bits per heavy atom. The molecule has 0 spiro atoms. The molecular formula is C5H8F6. The van der Waals surface area contributed by atoms with Crippen molar-refractivity contribution in [1.29, 1.82) is 0 Å². The Morgan fingerprint density at radius 1 is 0.727 bits per heavy atom. The van der Waals surface area contributed by atoms with Gasteiger partial charge >= 0.3 is 12.4 Å². The first-order valence-corrected chi connectivity index (χ1v) is 2.80. The van der Waals surface area contributed by atoms with E-state index < -0.39 is 12.4 Å². The quantitative estimate of drug-likeness (QED) is 0.502. The van der Waals surface area contributed by atoms with E-state index in [1.54, 1.807) is 0 Å². The summed E-state index contributed by atoms with van der Waals surface area (Å²) in [7, 11) is 0. The van der Waals surface area contributed by atoms with Gasteiger partial charge in [-0.1, -0.05) is 20.3 Å². The van der Waals surface area contributed by atoms with Crippen LogP contribution < -0.4 is 0 Å². The molecule has 0 aromatic carbocycles. The SMILES string of the molecule is CCC.FC(F)(F)C(F)(F)F. The largest absolute Gasteiger partial charge is 0.487 e. The Morgan fingerprint density at radius 3 is 0.818 bits per heavy atom.